The van der Waals surface area contributed by atoms with Gasteiger partial charge in [0.05, 0.1) is 16.3 Å². The summed E-state index contributed by atoms with van der Waals surface area (Å²) >= 11 is 1.48. The third-order valence-electron chi connectivity index (χ3n) is 4.47. The third-order valence-corrected chi connectivity index (χ3v) is 5.51. The van der Waals surface area contributed by atoms with Crippen molar-refractivity contribution in [2.45, 2.75) is 39.0 Å². The van der Waals surface area contributed by atoms with Crippen LogP contribution in [-0.4, -0.2) is 24.8 Å². The largest absolute Gasteiger partial charge is 0.370 e. The molecule has 0 unspecified atom stereocenters. The van der Waals surface area contributed by atoms with Crippen molar-refractivity contribution >= 4 is 34.4 Å². The van der Waals surface area contributed by atoms with E-state index in [2.05, 4.69) is 16.3 Å². The zero-order valence-corrected chi connectivity index (χ0v) is 15.4. The molecule has 2 aromatic rings. The Bertz CT molecular complexity index is 748. The normalized spacial score (nSPS) is 14.4. The average Bonchev–Trinajstić information content (AvgIpc) is 3.07. The maximum Gasteiger partial charge on any atom is 0.224 e. The first-order chi connectivity index (χ1) is 12.1. The lowest BCUT2D eigenvalue weighted by Crippen LogP contribution is -2.30. The zero-order valence-electron chi connectivity index (χ0n) is 14.6. The highest BCUT2D eigenvalue weighted by Crippen LogP contribution is 2.28. The SMILES string of the molecule is Cc1ccc(C(=O)CCC(=O)Nc2ccccc2N2CCCCC2)s1. The van der Waals surface area contributed by atoms with Crippen LogP contribution in [0.25, 0.3) is 0 Å². The van der Waals surface area contributed by atoms with Crippen molar-refractivity contribution in [1.29, 1.82) is 0 Å². The molecule has 1 aromatic heterocycles. The Morgan fingerprint density at radius 2 is 1.80 bits per heavy atom. The van der Waals surface area contributed by atoms with Crippen molar-refractivity contribution in [3.05, 3.63) is 46.2 Å². The highest BCUT2D eigenvalue weighted by molar-refractivity contribution is 7.14. The van der Waals surface area contributed by atoms with Crippen LogP contribution in [0.3, 0.4) is 0 Å². The van der Waals surface area contributed by atoms with Crippen molar-refractivity contribution in [2.24, 2.45) is 0 Å². The maximum absolute atomic E-state index is 12.3. The highest BCUT2D eigenvalue weighted by Gasteiger charge is 2.16. The van der Waals surface area contributed by atoms with E-state index in [4.69, 9.17) is 0 Å². The first-order valence-corrected chi connectivity index (χ1v) is 9.68. The van der Waals surface area contributed by atoms with Crippen LogP contribution in [0.5, 0.6) is 0 Å². The monoisotopic (exact) mass is 356 g/mol. The molecule has 132 valence electrons. The van der Waals surface area contributed by atoms with Crippen LogP contribution < -0.4 is 10.2 Å². The summed E-state index contributed by atoms with van der Waals surface area (Å²) in [6.07, 6.45) is 4.12. The van der Waals surface area contributed by atoms with Gasteiger partial charge in [-0.15, -0.1) is 11.3 Å². The van der Waals surface area contributed by atoms with Crippen molar-refractivity contribution in [3.63, 3.8) is 0 Å². The van der Waals surface area contributed by atoms with E-state index in [0.717, 1.165) is 34.2 Å². The van der Waals surface area contributed by atoms with E-state index >= 15 is 0 Å². The number of rotatable bonds is 6. The Hall–Kier alpha value is -2.14. The van der Waals surface area contributed by atoms with Crippen LogP contribution in [-0.2, 0) is 4.79 Å². The summed E-state index contributed by atoms with van der Waals surface area (Å²) in [5.74, 6) is -0.0661. The fourth-order valence-electron chi connectivity index (χ4n) is 3.14. The van der Waals surface area contributed by atoms with Gasteiger partial charge >= 0.3 is 0 Å². The smallest absolute Gasteiger partial charge is 0.224 e. The van der Waals surface area contributed by atoms with Gasteiger partial charge in [-0.2, -0.15) is 0 Å². The lowest BCUT2D eigenvalue weighted by Gasteiger charge is -2.30. The summed E-state index contributed by atoms with van der Waals surface area (Å²) in [7, 11) is 0. The van der Waals surface area contributed by atoms with Crippen molar-refractivity contribution < 1.29 is 9.59 Å². The van der Waals surface area contributed by atoms with Crippen molar-refractivity contribution in [2.75, 3.05) is 23.3 Å². The Morgan fingerprint density at radius 3 is 2.52 bits per heavy atom. The second-order valence-electron chi connectivity index (χ2n) is 6.45. The van der Waals surface area contributed by atoms with Gasteiger partial charge in [-0.3, -0.25) is 9.59 Å². The number of hydrogen-bond acceptors (Lipinski definition) is 4. The molecule has 0 spiro atoms. The molecule has 1 amide bonds. The molecule has 0 radical (unpaired) electrons. The molecule has 0 atom stereocenters. The molecular formula is C20H24N2O2S. The molecule has 0 saturated carbocycles. The summed E-state index contributed by atoms with van der Waals surface area (Å²) in [5.41, 5.74) is 1.92. The number of benzene rings is 1. The summed E-state index contributed by atoms with van der Waals surface area (Å²) < 4.78 is 0. The van der Waals surface area contributed by atoms with Gasteiger partial charge in [-0.1, -0.05) is 12.1 Å². The summed E-state index contributed by atoms with van der Waals surface area (Å²) in [4.78, 5) is 28.6. The number of nitrogens with one attached hydrogen (secondary N) is 1. The second-order valence-corrected chi connectivity index (χ2v) is 7.73. The van der Waals surface area contributed by atoms with Gasteiger partial charge in [-0.25, -0.2) is 0 Å². The number of carbonyl (C=O) groups is 2. The van der Waals surface area contributed by atoms with Gasteiger partial charge in [0.1, 0.15) is 0 Å². The van der Waals surface area contributed by atoms with Crippen LogP contribution >= 0.6 is 11.3 Å². The zero-order chi connectivity index (χ0) is 17.6. The predicted octanol–water partition coefficient (Wildman–Crippen LogP) is 4.65. The van der Waals surface area contributed by atoms with Crippen molar-refractivity contribution in [3.8, 4) is 0 Å². The topological polar surface area (TPSA) is 49.4 Å². The van der Waals surface area contributed by atoms with Crippen molar-refractivity contribution in [1.82, 2.24) is 0 Å². The van der Waals surface area contributed by atoms with Crippen LogP contribution in [0, 0.1) is 6.92 Å². The van der Waals surface area contributed by atoms with Gasteiger partial charge in [0, 0.05) is 30.8 Å². The molecule has 1 aromatic carbocycles. The molecule has 2 heterocycles. The van der Waals surface area contributed by atoms with E-state index < -0.39 is 0 Å². The van der Waals surface area contributed by atoms with Gasteiger partial charge < -0.3 is 10.2 Å². The fraction of sp³-hybridized carbons (Fsp3) is 0.400. The molecule has 0 aliphatic carbocycles. The summed E-state index contributed by atoms with van der Waals surface area (Å²) in [6.45, 7) is 4.04. The fourth-order valence-corrected chi connectivity index (χ4v) is 3.97. The number of amides is 1. The molecule has 25 heavy (non-hydrogen) atoms. The van der Waals surface area contributed by atoms with E-state index in [1.54, 1.807) is 0 Å². The first-order valence-electron chi connectivity index (χ1n) is 8.87. The summed E-state index contributed by atoms with van der Waals surface area (Å²) in [6, 6.07) is 11.7. The number of piperidine rings is 1. The molecule has 5 heteroatoms. The van der Waals surface area contributed by atoms with E-state index in [9.17, 15) is 9.59 Å². The van der Waals surface area contributed by atoms with E-state index in [1.807, 2.05) is 37.3 Å². The third kappa shape index (κ3) is 4.69. The average molecular weight is 356 g/mol. The Kier molecular flexibility index (Phi) is 5.87. The number of anilines is 2. The quantitative estimate of drug-likeness (QED) is 0.767. The van der Waals surface area contributed by atoms with Gasteiger partial charge in [0.2, 0.25) is 5.91 Å². The number of nitrogens with zero attached hydrogens (tertiary/aromatic N) is 1. The minimum atomic E-state index is -0.105. The number of para-hydroxylation sites is 2. The Labute approximate surface area is 152 Å². The Balaban J connectivity index is 1.58. The molecule has 1 aliphatic heterocycles. The number of carbonyl (C=O) groups excluding carboxylic acids is 2. The molecule has 4 nitrogen and oxygen atoms in total. The van der Waals surface area contributed by atoms with Gasteiger partial charge in [-0.05, 0) is 50.5 Å². The number of thiophene rings is 1. The van der Waals surface area contributed by atoms with Gasteiger partial charge in [0.15, 0.2) is 5.78 Å². The number of ketones is 1. The van der Waals surface area contributed by atoms with Crippen LogP contribution in [0.4, 0.5) is 11.4 Å². The molecule has 1 fully saturated rings. The predicted molar refractivity (Wildman–Crippen MR) is 104 cm³/mol. The molecule has 1 saturated heterocycles. The number of Topliss-reactive ketones (excluding diaryl/α,β-unsaturated/α-hetero) is 1. The van der Waals surface area contributed by atoms with E-state index in [1.165, 1.54) is 30.6 Å². The lowest BCUT2D eigenvalue weighted by molar-refractivity contribution is -0.116. The van der Waals surface area contributed by atoms with Crippen LogP contribution in [0.15, 0.2) is 36.4 Å². The number of aryl methyl sites for hydroxylation is 1. The minimum absolute atomic E-state index is 0.0394. The van der Waals surface area contributed by atoms with Crippen LogP contribution in [0.2, 0.25) is 0 Å². The van der Waals surface area contributed by atoms with Crippen LogP contribution in [0.1, 0.15) is 46.7 Å². The molecule has 0 bridgehead atoms. The van der Waals surface area contributed by atoms with E-state index in [0.29, 0.717) is 0 Å². The minimum Gasteiger partial charge on any atom is -0.370 e. The standard InChI is InChI=1S/C20H24N2O2S/c1-15-9-11-19(25-15)18(23)10-12-20(24)21-16-7-3-4-8-17(16)22-13-5-2-6-14-22/h3-4,7-9,11H,2,5-6,10,12-14H2,1H3,(H,21,24). The second kappa shape index (κ2) is 8.30. The lowest BCUT2D eigenvalue weighted by atomic mass is 10.1. The van der Waals surface area contributed by atoms with E-state index in [-0.39, 0.29) is 24.5 Å². The maximum atomic E-state index is 12.3. The molecular weight excluding hydrogens is 332 g/mol. The molecule has 3 rings (SSSR count). The first kappa shape index (κ1) is 17.7. The molecule has 1 aliphatic rings. The number of hydrogen-bond donors (Lipinski definition) is 1. The molecule has 1 N–H and O–H groups in total. The van der Waals surface area contributed by atoms with Gasteiger partial charge in [0.25, 0.3) is 0 Å². The summed E-state index contributed by atoms with van der Waals surface area (Å²) in [5, 5.41) is 2.99. The highest BCUT2D eigenvalue weighted by atomic mass is 32.1. The Morgan fingerprint density at radius 1 is 1.04 bits per heavy atom.